The van der Waals surface area contributed by atoms with Crippen LogP contribution in [0.2, 0.25) is 0 Å². The van der Waals surface area contributed by atoms with Crippen LogP contribution in [0.3, 0.4) is 0 Å². The van der Waals surface area contributed by atoms with Crippen LogP contribution in [-0.4, -0.2) is 65.1 Å². The van der Waals surface area contributed by atoms with Crippen molar-refractivity contribution in [2.24, 2.45) is 5.10 Å². The molecule has 2 aliphatic heterocycles. The molecule has 0 aromatic carbocycles. The normalized spacial score (nSPS) is 19.6. The van der Waals surface area contributed by atoms with E-state index in [9.17, 15) is 9.59 Å². The van der Waals surface area contributed by atoms with Crippen molar-refractivity contribution in [2.75, 3.05) is 32.7 Å². The highest BCUT2D eigenvalue weighted by atomic mass is 32.1. The quantitative estimate of drug-likeness (QED) is 0.611. The molecule has 0 saturated carbocycles. The second-order valence-electron chi connectivity index (χ2n) is 7.54. The van der Waals surface area contributed by atoms with Crippen LogP contribution in [0.1, 0.15) is 33.7 Å². The van der Waals surface area contributed by atoms with E-state index in [1.807, 2.05) is 29.6 Å². The van der Waals surface area contributed by atoms with E-state index in [1.54, 1.807) is 39.6 Å². The van der Waals surface area contributed by atoms with Crippen molar-refractivity contribution in [3.05, 3.63) is 70.7 Å². The van der Waals surface area contributed by atoms with Crippen LogP contribution in [-0.2, 0) is 4.79 Å². The fourth-order valence-corrected chi connectivity index (χ4v) is 4.77. The van der Waals surface area contributed by atoms with Crippen molar-refractivity contribution in [1.82, 2.24) is 14.8 Å². The van der Waals surface area contributed by atoms with Gasteiger partial charge in [-0.3, -0.25) is 14.5 Å². The number of carbonyl (C=O) groups excluding carboxylic acids is 2. The monoisotopic (exact) mass is 438 g/mol. The summed E-state index contributed by atoms with van der Waals surface area (Å²) in [6.45, 7) is 2.64. The van der Waals surface area contributed by atoms with Crippen molar-refractivity contribution in [3.63, 3.8) is 0 Å². The standard InChI is InChI=1S/C22H22N4O4S/c27-21(15-24-7-9-25(10-8-24)22(28)19-5-2-12-30-19)26-17(20-6-3-13-31-20)14-16(23-26)18-4-1-11-29-18/h1-6,11-13,17H,7-10,14-15H2/t17-/m1/s1. The van der Waals surface area contributed by atoms with E-state index in [1.165, 1.54) is 6.26 Å². The summed E-state index contributed by atoms with van der Waals surface area (Å²) in [6.07, 6.45) is 3.75. The minimum atomic E-state index is -0.116. The summed E-state index contributed by atoms with van der Waals surface area (Å²) in [5.41, 5.74) is 0.783. The molecule has 0 aliphatic carbocycles. The van der Waals surface area contributed by atoms with Gasteiger partial charge in [0.05, 0.1) is 25.1 Å². The molecule has 3 aromatic heterocycles. The van der Waals surface area contributed by atoms with Crippen molar-refractivity contribution in [1.29, 1.82) is 0 Å². The summed E-state index contributed by atoms with van der Waals surface area (Å²) in [5.74, 6) is 0.883. The first-order valence-corrected chi connectivity index (χ1v) is 11.1. The molecule has 8 nitrogen and oxygen atoms in total. The number of amides is 2. The van der Waals surface area contributed by atoms with Crippen LogP contribution in [0.4, 0.5) is 0 Å². The molecule has 1 atom stereocenters. The number of thiophene rings is 1. The largest absolute Gasteiger partial charge is 0.463 e. The number of hydrogen-bond acceptors (Lipinski definition) is 7. The molecule has 0 radical (unpaired) electrons. The highest BCUT2D eigenvalue weighted by Crippen LogP contribution is 2.35. The van der Waals surface area contributed by atoms with Crippen LogP contribution in [0.15, 0.2) is 68.2 Å². The van der Waals surface area contributed by atoms with Gasteiger partial charge in [0.25, 0.3) is 11.8 Å². The molecule has 0 bridgehead atoms. The number of carbonyl (C=O) groups is 2. The third-order valence-corrected chi connectivity index (χ3v) is 6.57. The minimum Gasteiger partial charge on any atom is -0.463 e. The van der Waals surface area contributed by atoms with Gasteiger partial charge in [0.1, 0.15) is 11.5 Å². The highest BCUT2D eigenvalue weighted by Gasteiger charge is 2.35. The van der Waals surface area contributed by atoms with Crippen LogP contribution >= 0.6 is 11.3 Å². The lowest BCUT2D eigenvalue weighted by atomic mass is 10.1. The SMILES string of the molecule is O=C(c1ccco1)N1CCN(CC(=O)N2N=C(c3ccco3)C[C@@H]2c2cccs2)CC1. The first-order chi connectivity index (χ1) is 15.2. The first kappa shape index (κ1) is 19.8. The Hall–Kier alpha value is -3.17. The third-order valence-electron chi connectivity index (χ3n) is 5.59. The van der Waals surface area contributed by atoms with Gasteiger partial charge >= 0.3 is 0 Å². The van der Waals surface area contributed by atoms with Crippen molar-refractivity contribution in [2.45, 2.75) is 12.5 Å². The second-order valence-corrected chi connectivity index (χ2v) is 8.52. The molecular weight excluding hydrogens is 416 g/mol. The van der Waals surface area contributed by atoms with E-state index in [0.29, 0.717) is 44.1 Å². The van der Waals surface area contributed by atoms with E-state index >= 15 is 0 Å². The molecule has 160 valence electrons. The number of furan rings is 2. The molecule has 5 heterocycles. The third kappa shape index (κ3) is 4.06. The van der Waals surface area contributed by atoms with Gasteiger partial charge < -0.3 is 13.7 Å². The lowest BCUT2D eigenvalue weighted by molar-refractivity contribution is -0.134. The minimum absolute atomic E-state index is 0.0502. The highest BCUT2D eigenvalue weighted by molar-refractivity contribution is 7.10. The van der Waals surface area contributed by atoms with E-state index in [2.05, 4.69) is 10.0 Å². The number of piperazine rings is 1. The molecule has 1 fully saturated rings. The molecule has 5 rings (SSSR count). The number of hydrazone groups is 1. The average molecular weight is 439 g/mol. The second kappa shape index (κ2) is 8.52. The molecule has 2 amide bonds. The molecular formula is C22H22N4O4S. The number of rotatable bonds is 5. The van der Waals surface area contributed by atoms with Gasteiger partial charge in [0.2, 0.25) is 0 Å². The van der Waals surface area contributed by atoms with E-state index in [-0.39, 0.29) is 24.4 Å². The van der Waals surface area contributed by atoms with Crippen LogP contribution in [0.25, 0.3) is 0 Å². The Morgan fingerprint density at radius 3 is 2.52 bits per heavy atom. The van der Waals surface area contributed by atoms with Gasteiger partial charge in [0, 0.05) is 37.5 Å². The summed E-state index contributed by atoms with van der Waals surface area (Å²) >= 11 is 1.62. The maximum absolute atomic E-state index is 13.2. The Morgan fingerprint density at radius 2 is 1.84 bits per heavy atom. The smallest absolute Gasteiger partial charge is 0.289 e. The van der Waals surface area contributed by atoms with E-state index in [0.717, 1.165) is 10.6 Å². The Labute approximate surface area is 183 Å². The lowest BCUT2D eigenvalue weighted by Crippen LogP contribution is -2.51. The number of nitrogens with zero attached hydrogens (tertiary/aromatic N) is 4. The van der Waals surface area contributed by atoms with Crippen molar-refractivity contribution < 1.29 is 18.4 Å². The summed E-state index contributed by atoms with van der Waals surface area (Å²) in [7, 11) is 0. The van der Waals surface area contributed by atoms with Gasteiger partial charge in [-0.2, -0.15) is 5.10 Å². The van der Waals surface area contributed by atoms with Gasteiger partial charge in [0.15, 0.2) is 5.76 Å². The fraction of sp³-hybridized carbons (Fsp3) is 0.318. The van der Waals surface area contributed by atoms with Gasteiger partial charge in [-0.1, -0.05) is 6.07 Å². The molecule has 0 N–H and O–H groups in total. The van der Waals surface area contributed by atoms with Gasteiger partial charge in [-0.15, -0.1) is 11.3 Å². The summed E-state index contributed by atoms with van der Waals surface area (Å²) in [5, 5.41) is 8.23. The Bertz CT molecular complexity index is 1050. The Balaban J connectivity index is 1.24. The Morgan fingerprint density at radius 1 is 1.03 bits per heavy atom. The zero-order valence-electron chi connectivity index (χ0n) is 16.8. The predicted octanol–water partition coefficient (Wildman–Crippen LogP) is 3.07. The van der Waals surface area contributed by atoms with Gasteiger partial charge in [-0.25, -0.2) is 5.01 Å². The average Bonchev–Trinajstić information content (AvgIpc) is 3.58. The van der Waals surface area contributed by atoms with Crippen molar-refractivity contribution >= 4 is 28.9 Å². The summed E-state index contributed by atoms with van der Waals surface area (Å²) < 4.78 is 10.7. The van der Waals surface area contributed by atoms with E-state index in [4.69, 9.17) is 8.83 Å². The molecule has 0 unspecified atom stereocenters. The zero-order valence-corrected chi connectivity index (χ0v) is 17.7. The van der Waals surface area contributed by atoms with Crippen LogP contribution in [0.5, 0.6) is 0 Å². The number of hydrogen-bond donors (Lipinski definition) is 0. The molecule has 9 heteroatoms. The molecule has 1 saturated heterocycles. The fourth-order valence-electron chi connectivity index (χ4n) is 3.96. The summed E-state index contributed by atoms with van der Waals surface area (Å²) in [4.78, 5) is 30.6. The van der Waals surface area contributed by atoms with E-state index < -0.39 is 0 Å². The first-order valence-electron chi connectivity index (χ1n) is 10.2. The molecule has 31 heavy (non-hydrogen) atoms. The summed E-state index contributed by atoms with van der Waals surface area (Å²) in [6, 6.07) is 11.0. The zero-order chi connectivity index (χ0) is 21.2. The molecule has 3 aromatic rings. The molecule has 0 spiro atoms. The maximum Gasteiger partial charge on any atom is 0.289 e. The Kier molecular flexibility index (Phi) is 5.44. The van der Waals surface area contributed by atoms with Gasteiger partial charge in [-0.05, 0) is 35.7 Å². The predicted molar refractivity (Wildman–Crippen MR) is 115 cm³/mol. The van der Waals surface area contributed by atoms with Crippen molar-refractivity contribution in [3.8, 4) is 0 Å². The molecule has 2 aliphatic rings. The topological polar surface area (TPSA) is 82.5 Å². The van der Waals surface area contributed by atoms with Crippen LogP contribution < -0.4 is 0 Å². The lowest BCUT2D eigenvalue weighted by Gasteiger charge is -2.34. The van der Waals surface area contributed by atoms with Crippen LogP contribution in [0, 0.1) is 0 Å². The maximum atomic E-state index is 13.2.